The van der Waals surface area contributed by atoms with E-state index in [-0.39, 0.29) is 5.25 Å². The zero-order valence-electron chi connectivity index (χ0n) is 17.5. The third kappa shape index (κ3) is 4.35. The molecule has 2 aromatic heterocycles. The Morgan fingerprint density at radius 1 is 1.35 bits per heavy atom. The highest BCUT2D eigenvalue weighted by Crippen LogP contribution is 2.31. The summed E-state index contributed by atoms with van der Waals surface area (Å²) in [6.45, 7) is 6.01. The second-order valence-electron chi connectivity index (χ2n) is 7.74. The second-order valence-corrected chi connectivity index (χ2v) is 9.70. The highest BCUT2D eigenvalue weighted by molar-refractivity contribution is 7.93. The number of H-pyrrole nitrogens is 1. The van der Waals surface area contributed by atoms with E-state index in [9.17, 15) is 8.42 Å². The number of hydrazine groups is 1. The molecule has 0 saturated heterocycles. The molecule has 0 spiro atoms. The lowest BCUT2D eigenvalue weighted by atomic mass is 10.0. The van der Waals surface area contributed by atoms with Gasteiger partial charge in [-0.25, -0.2) is 19.2 Å². The minimum absolute atomic E-state index is 0.317. The lowest BCUT2D eigenvalue weighted by Crippen LogP contribution is -2.33. The first-order valence-corrected chi connectivity index (χ1v) is 11.9. The lowest BCUT2D eigenvalue weighted by Gasteiger charge is -2.25. The largest absolute Gasteiger partial charge is 0.344 e. The van der Waals surface area contributed by atoms with E-state index >= 15 is 0 Å². The van der Waals surface area contributed by atoms with Crippen LogP contribution in [0.2, 0.25) is 0 Å². The third-order valence-electron chi connectivity index (χ3n) is 5.75. The molecule has 4 rings (SSSR count). The van der Waals surface area contributed by atoms with Crippen LogP contribution in [0.1, 0.15) is 37.3 Å². The molecule has 3 aromatic rings. The molecule has 4 N–H and O–H groups in total. The monoisotopic (exact) mass is 437 g/mol. The van der Waals surface area contributed by atoms with Gasteiger partial charge in [0.15, 0.2) is 0 Å². The standard InChI is InChI=1S/C23H27N5O2S/c1-3-16-8-10-19(11-9-16)28(24)15-17(4-2)18-12-21-22(14-26-23(21)25-13-18)27-31(29,30)20-6-5-7-20/h4,8-15,20,27H,2-3,5-7,24H2,1H3,(H,25,26)/b17-15+. The summed E-state index contributed by atoms with van der Waals surface area (Å²) >= 11 is 0. The van der Waals surface area contributed by atoms with Crippen LogP contribution in [0, 0.1) is 0 Å². The van der Waals surface area contributed by atoms with Crippen LogP contribution < -0.4 is 15.6 Å². The molecule has 1 saturated carbocycles. The van der Waals surface area contributed by atoms with E-state index in [1.807, 2.05) is 30.3 Å². The number of rotatable bonds is 8. The molecule has 8 heteroatoms. The van der Waals surface area contributed by atoms with Crippen LogP contribution in [0.5, 0.6) is 0 Å². The van der Waals surface area contributed by atoms with Crippen LogP contribution in [-0.4, -0.2) is 23.6 Å². The summed E-state index contributed by atoms with van der Waals surface area (Å²) < 4.78 is 27.8. The Labute approximate surface area is 182 Å². The highest BCUT2D eigenvalue weighted by Gasteiger charge is 2.31. The van der Waals surface area contributed by atoms with Gasteiger partial charge in [0.05, 0.1) is 16.6 Å². The molecule has 0 radical (unpaired) electrons. The van der Waals surface area contributed by atoms with Gasteiger partial charge in [0.1, 0.15) is 5.65 Å². The van der Waals surface area contributed by atoms with Gasteiger partial charge in [-0.15, -0.1) is 0 Å². The van der Waals surface area contributed by atoms with Crippen LogP contribution in [0.3, 0.4) is 0 Å². The van der Waals surface area contributed by atoms with E-state index in [0.29, 0.717) is 29.6 Å². The van der Waals surface area contributed by atoms with Crippen molar-refractivity contribution in [2.75, 3.05) is 9.73 Å². The Morgan fingerprint density at radius 2 is 2.10 bits per heavy atom. The number of aromatic amines is 1. The number of hydrogen-bond donors (Lipinski definition) is 3. The van der Waals surface area contributed by atoms with E-state index in [1.54, 1.807) is 24.7 Å². The van der Waals surface area contributed by atoms with Gasteiger partial charge >= 0.3 is 0 Å². The molecular formula is C23H27N5O2S. The lowest BCUT2D eigenvalue weighted by molar-refractivity contribution is 0.480. The number of pyridine rings is 1. The summed E-state index contributed by atoms with van der Waals surface area (Å²) in [4.78, 5) is 7.47. The first kappa shape index (κ1) is 21.1. The number of allylic oxidation sites excluding steroid dienone is 2. The molecule has 31 heavy (non-hydrogen) atoms. The molecule has 0 unspecified atom stereocenters. The molecule has 162 valence electrons. The number of fused-ring (bicyclic) bond motifs is 1. The minimum atomic E-state index is -3.40. The first-order valence-electron chi connectivity index (χ1n) is 10.4. The summed E-state index contributed by atoms with van der Waals surface area (Å²) in [6, 6.07) is 9.92. The summed E-state index contributed by atoms with van der Waals surface area (Å²) in [7, 11) is -3.40. The first-order chi connectivity index (χ1) is 14.9. The van der Waals surface area contributed by atoms with E-state index in [0.717, 1.165) is 29.7 Å². The molecule has 7 nitrogen and oxygen atoms in total. The van der Waals surface area contributed by atoms with Gasteiger partial charge in [0, 0.05) is 35.1 Å². The number of benzene rings is 1. The van der Waals surface area contributed by atoms with E-state index in [1.165, 1.54) is 10.6 Å². The maximum atomic E-state index is 12.6. The molecule has 1 aliphatic rings. The number of aromatic nitrogens is 2. The topological polar surface area (TPSA) is 104 Å². The number of sulfonamides is 1. The van der Waals surface area contributed by atoms with Crippen molar-refractivity contribution in [3.05, 3.63) is 72.7 Å². The van der Waals surface area contributed by atoms with Gasteiger partial charge < -0.3 is 4.98 Å². The molecule has 0 atom stereocenters. The van der Waals surface area contributed by atoms with Gasteiger partial charge in [-0.3, -0.25) is 9.73 Å². The Balaban J connectivity index is 1.63. The fourth-order valence-electron chi connectivity index (χ4n) is 3.54. The van der Waals surface area contributed by atoms with Crippen LogP contribution in [0.4, 0.5) is 11.4 Å². The molecule has 1 aliphatic carbocycles. The number of hydrogen-bond acceptors (Lipinski definition) is 5. The van der Waals surface area contributed by atoms with E-state index in [4.69, 9.17) is 5.84 Å². The fourth-order valence-corrected chi connectivity index (χ4v) is 5.13. The number of aryl methyl sites for hydroxylation is 1. The van der Waals surface area contributed by atoms with Crippen molar-refractivity contribution < 1.29 is 8.42 Å². The average Bonchev–Trinajstić information content (AvgIpc) is 3.11. The molecule has 1 fully saturated rings. The highest BCUT2D eigenvalue weighted by atomic mass is 32.2. The Hall–Kier alpha value is -3.10. The Morgan fingerprint density at radius 3 is 2.71 bits per heavy atom. The molecule has 0 bridgehead atoms. The van der Waals surface area contributed by atoms with Crippen LogP contribution in [-0.2, 0) is 16.4 Å². The SMILES string of the molecule is C=C/C(=C\N(N)c1ccc(CC)cc1)c1cnc2[nH]cc(NS(=O)(=O)C3CCC3)c2c1. The van der Waals surface area contributed by atoms with Crippen molar-refractivity contribution in [1.29, 1.82) is 0 Å². The van der Waals surface area contributed by atoms with Gasteiger partial charge in [0.2, 0.25) is 10.0 Å². The predicted octanol–water partition coefficient (Wildman–Crippen LogP) is 4.33. The van der Waals surface area contributed by atoms with Crippen molar-refractivity contribution in [1.82, 2.24) is 9.97 Å². The summed E-state index contributed by atoms with van der Waals surface area (Å²) in [5.74, 6) is 6.25. The number of anilines is 2. The zero-order valence-corrected chi connectivity index (χ0v) is 18.3. The van der Waals surface area contributed by atoms with Crippen molar-refractivity contribution in [3.63, 3.8) is 0 Å². The quantitative estimate of drug-likeness (QED) is 0.276. The number of nitrogens with two attached hydrogens (primary N) is 1. The summed E-state index contributed by atoms with van der Waals surface area (Å²) in [5.41, 5.74) is 4.75. The molecule has 2 heterocycles. The molecule has 0 amide bonds. The second kappa shape index (κ2) is 8.56. The smallest absolute Gasteiger partial charge is 0.235 e. The molecule has 1 aromatic carbocycles. The summed E-state index contributed by atoms with van der Waals surface area (Å²) in [5, 5.41) is 1.92. The summed E-state index contributed by atoms with van der Waals surface area (Å²) in [6.07, 6.45) is 10.2. The minimum Gasteiger partial charge on any atom is -0.344 e. The van der Waals surface area contributed by atoms with E-state index in [2.05, 4.69) is 28.2 Å². The maximum absolute atomic E-state index is 12.6. The van der Waals surface area contributed by atoms with Gasteiger partial charge in [-0.05, 0) is 43.0 Å². The fraction of sp³-hybridized carbons (Fsp3) is 0.261. The average molecular weight is 438 g/mol. The number of nitrogens with one attached hydrogen (secondary N) is 2. The van der Waals surface area contributed by atoms with Gasteiger partial charge in [-0.1, -0.05) is 38.1 Å². The molecule has 0 aliphatic heterocycles. The van der Waals surface area contributed by atoms with Crippen molar-refractivity contribution in [3.8, 4) is 0 Å². The van der Waals surface area contributed by atoms with Crippen LogP contribution in [0.15, 0.2) is 61.6 Å². The zero-order chi connectivity index (χ0) is 22.0. The molecular weight excluding hydrogens is 410 g/mol. The van der Waals surface area contributed by atoms with Crippen LogP contribution in [0.25, 0.3) is 16.6 Å². The van der Waals surface area contributed by atoms with Crippen molar-refractivity contribution in [2.45, 2.75) is 37.9 Å². The van der Waals surface area contributed by atoms with E-state index < -0.39 is 10.0 Å². The third-order valence-corrected chi connectivity index (χ3v) is 7.60. The van der Waals surface area contributed by atoms with Crippen molar-refractivity contribution in [2.24, 2.45) is 5.84 Å². The Kier molecular flexibility index (Phi) is 5.84. The maximum Gasteiger partial charge on any atom is 0.235 e. The number of nitrogens with zero attached hydrogens (tertiary/aromatic N) is 2. The Bertz CT molecular complexity index is 1220. The van der Waals surface area contributed by atoms with Crippen LogP contribution >= 0.6 is 0 Å². The normalized spacial score (nSPS) is 15.0. The van der Waals surface area contributed by atoms with Gasteiger partial charge in [0.25, 0.3) is 0 Å². The predicted molar refractivity (Wildman–Crippen MR) is 127 cm³/mol. The van der Waals surface area contributed by atoms with Gasteiger partial charge in [-0.2, -0.15) is 0 Å². The van der Waals surface area contributed by atoms with Crippen molar-refractivity contribution >= 4 is 38.0 Å².